The van der Waals surface area contributed by atoms with Crippen LogP contribution >= 0.6 is 0 Å². The molecule has 2 rings (SSSR count). The highest BCUT2D eigenvalue weighted by atomic mass is 19.2. The van der Waals surface area contributed by atoms with Crippen LogP contribution in [0.2, 0.25) is 0 Å². The lowest BCUT2D eigenvalue weighted by atomic mass is 9.97. The lowest BCUT2D eigenvalue weighted by Gasteiger charge is -2.15. The molecule has 9 heteroatoms. The molecule has 1 fully saturated rings. The van der Waals surface area contributed by atoms with Gasteiger partial charge in [-0.25, -0.2) is 22.4 Å². The van der Waals surface area contributed by atoms with Gasteiger partial charge in [0.1, 0.15) is 5.56 Å². The van der Waals surface area contributed by atoms with Gasteiger partial charge in [-0.1, -0.05) is 0 Å². The molecule has 114 valence electrons. The highest BCUT2D eigenvalue weighted by Crippen LogP contribution is 2.34. The number of hydrogen-bond acceptors (Lipinski definition) is 3. The molecule has 0 spiro atoms. The number of carboxylic acid groups (broad SMARTS) is 2. The summed E-state index contributed by atoms with van der Waals surface area (Å²) in [7, 11) is 0. The van der Waals surface area contributed by atoms with Crippen molar-refractivity contribution >= 4 is 11.9 Å². The Hall–Kier alpha value is -2.16. The number of hydrogen-bond donors (Lipinski definition) is 3. The highest BCUT2D eigenvalue weighted by molar-refractivity contribution is 5.88. The Morgan fingerprint density at radius 1 is 1.00 bits per heavy atom. The van der Waals surface area contributed by atoms with E-state index in [-0.39, 0.29) is 13.0 Å². The Balaban J connectivity index is 2.52. The molecular weight excluding hydrogens is 298 g/mol. The first-order valence-electron chi connectivity index (χ1n) is 5.81. The summed E-state index contributed by atoms with van der Waals surface area (Å²) < 4.78 is 54.7. The van der Waals surface area contributed by atoms with Gasteiger partial charge in [-0.15, -0.1) is 0 Å². The molecule has 0 aromatic heterocycles. The van der Waals surface area contributed by atoms with Crippen LogP contribution in [0, 0.1) is 29.2 Å². The van der Waals surface area contributed by atoms with E-state index < -0.39 is 58.3 Å². The van der Waals surface area contributed by atoms with Gasteiger partial charge in [-0.3, -0.25) is 4.79 Å². The molecule has 1 saturated heterocycles. The topological polar surface area (TPSA) is 86.6 Å². The Labute approximate surface area is 115 Å². The molecule has 2 atom stereocenters. The van der Waals surface area contributed by atoms with Crippen molar-refractivity contribution in [1.29, 1.82) is 0 Å². The highest BCUT2D eigenvalue weighted by Gasteiger charge is 2.37. The Morgan fingerprint density at radius 2 is 1.52 bits per heavy atom. The van der Waals surface area contributed by atoms with Crippen LogP contribution in [-0.2, 0) is 4.79 Å². The van der Waals surface area contributed by atoms with Crippen molar-refractivity contribution in [2.24, 2.45) is 5.92 Å². The van der Waals surface area contributed by atoms with E-state index in [2.05, 4.69) is 5.32 Å². The number of nitrogens with one attached hydrogen (secondary N) is 1. The minimum atomic E-state index is -2.14. The number of aliphatic carboxylic acids is 1. The minimum Gasteiger partial charge on any atom is -0.481 e. The van der Waals surface area contributed by atoms with E-state index in [4.69, 9.17) is 10.2 Å². The Morgan fingerprint density at radius 3 is 1.90 bits per heavy atom. The van der Waals surface area contributed by atoms with Crippen molar-refractivity contribution in [3.63, 3.8) is 0 Å². The fourth-order valence-electron chi connectivity index (χ4n) is 2.29. The monoisotopic (exact) mass is 307 g/mol. The van der Waals surface area contributed by atoms with Crippen LogP contribution in [0.25, 0.3) is 0 Å². The summed E-state index contributed by atoms with van der Waals surface area (Å²) in [5.74, 6) is -12.0. The van der Waals surface area contributed by atoms with Gasteiger partial charge in [-0.05, 0) is 6.42 Å². The summed E-state index contributed by atoms with van der Waals surface area (Å²) >= 11 is 0. The molecule has 3 N–H and O–H groups in total. The molecule has 0 amide bonds. The lowest BCUT2D eigenvalue weighted by Crippen LogP contribution is -2.21. The Bertz CT molecular complexity index is 605. The quantitative estimate of drug-likeness (QED) is 0.584. The molecule has 1 aromatic carbocycles. The van der Waals surface area contributed by atoms with E-state index in [1.54, 1.807) is 0 Å². The molecule has 0 aliphatic carbocycles. The van der Waals surface area contributed by atoms with Crippen LogP contribution < -0.4 is 5.32 Å². The predicted molar refractivity (Wildman–Crippen MR) is 59.7 cm³/mol. The Kier molecular flexibility index (Phi) is 3.86. The molecular formula is C12H9F4NO4. The van der Waals surface area contributed by atoms with Crippen molar-refractivity contribution in [1.82, 2.24) is 5.32 Å². The second-order valence-electron chi connectivity index (χ2n) is 4.58. The first-order valence-corrected chi connectivity index (χ1v) is 5.81. The second-order valence-corrected chi connectivity index (χ2v) is 4.58. The summed E-state index contributed by atoms with van der Waals surface area (Å²) in [6, 6.07) is -1.25. The average Bonchev–Trinajstić information content (AvgIpc) is 2.86. The van der Waals surface area contributed by atoms with Crippen LogP contribution in [-0.4, -0.2) is 28.7 Å². The number of carboxylic acids is 2. The maximum absolute atomic E-state index is 13.8. The van der Waals surface area contributed by atoms with E-state index >= 15 is 0 Å². The number of aromatic carboxylic acids is 1. The summed E-state index contributed by atoms with van der Waals surface area (Å²) in [4.78, 5) is 21.4. The molecule has 0 radical (unpaired) electrons. The number of carbonyl (C=O) groups is 2. The first kappa shape index (κ1) is 15.2. The second kappa shape index (κ2) is 5.32. The van der Waals surface area contributed by atoms with Gasteiger partial charge in [-0.2, -0.15) is 0 Å². The van der Waals surface area contributed by atoms with Crippen LogP contribution in [0.5, 0.6) is 0 Å². The number of halogens is 4. The molecule has 0 bridgehead atoms. The summed E-state index contributed by atoms with van der Waals surface area (Å²) in [6.45, 7) is -0.122. The van der Waals surface area contributed by atoms with Crippen molar-refractivity contribution in [2.75, 3.05) is 6.54 Å². The molecule has 0 saturated carbocycles. The zero-order valence-corrected chi connectivity index (χ0v) is 10.3. The van der Waals surface area contributed by atoms with Gasteiger partial charge >= 0.3 is 11.9 Å². The number of benzene rings is 1. The van der Waals surface area contributed by atoms with Gasteiger partial charge in [0.25, 0.3) is 0 Å². The molecule has 21 heavy (non-hydrogen) atoms. The van der Waals surface area contributed by atoms with Crippen LogP contribution in [0.4, 0.5) is 17.6 Å². The van der Waals surface area contributed by atoms with Gasteiger partial charge in [0.15, 0.2) is 23.3 Å². The van der Waals surface area contributed by atoms with Crippen LogP contribution in [0.3, 0.4) is 0 Å². The first-order chi connectivity index (χ1) is 9.75. The third-order valence-corrected chi connectivity index (χ3v) is 3.34. The third-order valence-electron chi connectivity index (χ3n) is 3.34. The fraction of sp³-hybridized carbons (Fsp3) is 0.333. The predicted octanol–water partition coefficient (Wildman–Crippen LogP) is 1.68. The largest absolute Gasteiger partial charge is 0.481 e. The van der Waals surface area contributed by atoms with Gasteiger partial charge in [0.05, 0.1) is 5.92 Å². The van der Waals surface area contributed by atoms with Crippen LogP contribution in [0.1, 0.15) is 28.4 Å². The molecule has 1 aromatic rings. The SMILES string of the molecule is O=C(O)c1c(F)c(F)c(C2CC(C(=O)O)CN2)c(F)c1F. The van der Waals surface area contributed by atoms with Crippen LogP contribution in [0.15, 0.2) is 0 Å². The summed E-state index contributed by atoms with van der Waals surface area (Å²) in [5.41, 5.74) is -2.75. The van der Waals surface area contributed by atoms with E-state index in [0.717, 1.165) is 0 Å². The van der Waals surface area contributed by atoms with E-state index in [9.17, 15) is 27.2 Å². The third kappa shape index (κ3) is 2.44. The summed E-state index contributed by atoms with van der Waals surface area (Å²) in [6.07, 6.45) is -0.269. The molecule has 5 nitrogen and oxygen atoms in total. The average molecular weight is 307 g/mol. The zero-order chi connectivity index (χ0) is 15.9. The summed E-state index contributed by atoms with van der Waals surface area (Å²) in [5, 5.41) is 19.8. The normalized spacial score (nSPS) is 21.5. The van der Waals surface area contributed by atoms with Crippen molar-refractivity contribution < 1.29 is 37.4 Å². The molecule has 1 heterocycles. The fourth-order valence-corrected chi connectivity index (χ4v) is 2.29. The van der Waals surface area contributed by atoms with Crippen molar-refractivity contribution in [3.05, 3.63) is 34.4 Å². The van der Waals surface area contributed by atoms with E-state index in [1.807, 2.05) is 0 Å². The van der Waals surface area contributed by atoms with Gasteiger partial charge in [0, 0.05) is 18.2 Å². The number of rotatable bonds is 3. The van der Waals surface area contributed by atoms with E-state index in [0.29, 0.717) is 0 Å². The standard InChI is InChI=1S/C12H9F4NO4/c13-7-5(4-1-3(2-17-4)11(18)19)8(14)10(16)6(9(7)15)12(20)21/h3-4,17H,1-2H2,(H,18,19)(H,20,21). The molecule has 1 aliphatic heterocycles. The van der Waals surface area contributed by atoms with Gasteiger partial charge < -0.3 is 15.5 Å². The van der Waals surface area contributed by atoms with Crippen molar-refractivity contribution in [2.45, 2.75) is 12.5 Å². The van der Waals surface area contributed by atoms with E-state index in [1.165, 1.54) is 0 Å². The molecule has 2 unspecified atom stereocenters. The smallest absolute Gasteiger partial charge is 0.341 e. The zero-order valence-electron chi connectivity index (χ0n) is 10.3. The minimum absolute atomic E-state index is 0.122. The molecule has 1 aliphatic rings. The lowest BCUT2D eigenvalue weighted by molar-refractivity contribution is -0.141. The maximum atomic E-state index is 13.8. The maximum Gasteiger partial charge on any atom is 0.341 e. The van der Waals surface area contributed by atoms with Crippen molar-refractivity contribution in [3.8, 4) is 0 Å². The van der Waals surface area contributed by atoms with Gasteiger partial charge in [0.2, 0.25) is 0 Å².